The van der Waals surface area contributed by atoms with E-state index in [-0.39, 0.29) is 18.4 Å². The van der Waals surface area contributed by atoms with Crippen molar-refractivity contribution in [1.82, 2.24) is 19.9 Å². The second-order valence-corrected chi connectivity index (χ2v) is 10.9. The highest BCUT2D eigenvalue weighted by Crippen LogP contribution is 2.35. The van der Waals surface area contributed by atoms with Gasteiger partial charge in [0.15, 0.2) is 0 Å². The number of anilines is 2. The number of ether oxygens (including phenoxy) is 2. The smallest absolute Gasteiger partial charge is 0.318 e. The van der Waals surface area contributed by atoms with Gasteiger partial charge in [0.05, 0.1) is 55.4 Å². The maximum Gasteiger partial charge on any atom is 0.318 e. The lowest BCUT2D eigenvalue weighted by Crippen LogP contribution is -2.55. The number of carbonyl (C=O) groups is 1. The van der Waals surface area contributed by atoms with E-state index in [1.165, 1.54) is 17.0 Å². The summed E-state index contributed by atoms with van der Waals surface area (Å²) in [7, 11) is 0. The number of hydrogen-bond acceptors (Lipinski definition) is 9. The molecule has 6 rings (SSSR count). The Balaban J connectivity index is 1.31. The van der Waals surface area contributed by atoms with Crippen LogP contribution in [0.4, 0.5) is 11.5 Å². The standard InChI is InChI=1S/C31H35N7O3/c1-3-28(39)38-14-13-37(19-23(38)9-11-32)30-25-10-12-36(27-18-33-17-22-6-4-5-21(2)29(22)27)20-26(25)34-31(35-30)41-16-15-40-24-7-8-24/h3-6,17-18,23-24H,1,7-10,12-16,19-20H2,2H3. The molecule has 1 aromatic carbocycles. The van der Waals surface area contributed by atoms with Crippen LogP contribution < -0.4 is 14.5 Å². The minimum Gasteiger partial charge on any atom is -0.461 e. The Bertz CT molecular complexity index is 1490. The molecule has 2 aromatic heterocycles. The van der Waals surface area contributed by atoms with Crippen molar-refractivity contribution in [2.45, 2.75) is 51.3 Å². The molecule has 3 aromatic rings. The molecule has 3 aliphatic rings. The minimum absolute atomic E-state index is 0.149. The van der Waals surface area contributed by atoms with Crippen molar-refractivity contribution in [2.24, 2.45) is 0 Å². The molecule has 1 aliphatic carbocycles. The largest absolute Gasteiger partial charge is 0.461 e. The van der Waals surface area contributed by atoms with E-state index in [0.717, 1.165) is 54.0 Å². The molecule has 212 valence electrons. The first kappa shape index (κ1) is 27.0. The summed E-state index contributed by atoms with van der Waals surface area (Å²) >= 11 is 0. The van der Waals surface area contributed by atoms with Gasteiger partial charge in [0.1, 0.15) is 12.4 Å². The van der Waals surface area contributed by atoms with Crippen LogP contribution in [0.2, 0.25) is 0 Å². The summed E-state index contributed by atoms with van der Waals surface area (Å²) in [6.07, 6.45) is 8.76. The van der Waals surface area contributed by atoms with Crippen LogP contribution in [0.3, 0.4) is 0 Å². The molecule has 0 spiro atoms. The number of hydrogen-bond donors (Lipinski definition) is 0. The van der Waals surface area contributed by atoms with Crippen molar-refractivity contribution in [2.75, 3.05) is 49.2 Å². The van der Waals surface area contributed by atoms with Crippen molar-refractivity contribution < 1.29 is 14.3 Å². The third kappa shape index (κ3) is 5.68. The lowest BCUT2D eigenvalue weighted by atomic mass is 10.0. The Morgan fingerprint density at radius 3 is 2.85 bits per heavy atom. The number of aromatic nitrogens is 3. The number of piperazine rings is 1. The van der Waals surface area contributed by atoms with Gasteiger partial charge in [-0.15, -0.1) is 0 Å². The molecule has 1 saturated carbocycles. The van der Waals surface area contributed by atoms with Crippen LogP contribution in [0, 0.1) is 18.3 Å². The molecule has 2 fully saturated rings. The van der Waals surface area contributed by atoms with Crippen LogP contribution in [0.5, 0.6) is 6.01 Å². The normalized spacial score (nSPS) is 18.6. The molecule has 0 N–H and O–H groups in total. The van der Waals surface area contributed by atoms with Gasteiger partial charge in [-0.25, -0.2) is 0 Å². The topological polar surface area (TPSA) is 108 Å². The summed E-state index contributed by atoms with van der Waals surface area (Å²) in [5.41, 5.74) is 4.32. The van der Waals surface area contributed by atoms with E-state index in [2.05, 4.69) is 52.6 Å². The Hall–Kier alpha value is -4.23. The van der Waals surface area contributed by atoms with Crippen molar-refractivity contribution >= 4 is 28.2 Å². The monoisotopic (exact) mass is 553 g/mol. The number of nitriles is 1. The molecular formula is C31H35N7O3. The highest BCUT2D eigenvalue weighted by atomic mass is 16.5. The van der Waals surface area contributed by atoms with Crippen LogP contribution in [0.1, 0.15) is 36.1 Å². The van der Waals surface area contributed by atoms with Crippen molar-refractivity contribution in [3.63, 3.8) is 0 Å². The van der Waals surface area contributed by atoms with Crippen LogP contribution in [-0.4, -0.2) is 77.3 Å². The molecule has 2 aliphatic heterocycles. The summed E-state index contributed by atoms with van der Waals surface area (Å²) < 4.78 is 11.8. The molecule has 1 unspecified atom stereocenters. The summed E-state index contributed by atoms with van der Waals surface area (Å²) in [4.78, 5) is 33.0. The predicted octanol–water partition coefficient (Wildman–Crippen LogP) is 3.57. The summed E-state index contributed by atoms with van der Waals surface area (Å²) in [6.45, 7) is 9.66. The minimum atomic E-state index is -0.244. The van der Waals surface area contributed by atoms with Gasteiger partial charge in [-0.3, -0.25) is 9.78 Å². The van der Waals surface area contributed by atoms with E-state index < -0.39 is 0 Å². The van der Waals surface area contributed by atoms with E-state index in [1.54, 1.807) is 4.90 Å². The van der Waals surface area contributed by atoms with Crippen molar-refractivity contribution in [3.8, 4) is 12.1 Å². The first-order valence-electron chi connectivity index (χ1n) is 14.3. The Morgan fingerprint density at radius 2 is 2.05 bits per heavy atom. The van der Waals surface area contributed by atoms with Crippen molar-refractivity contribution in [1.29, 1.82) is 5.26 Å². The molecule has 0 bridgehead atoms. The lowest BCUT2D eigenvalue weighted by molar-refractivity contribution is -0.128. The second-order valence-electron chi connectivity index (χ2n) is 10.9. The molecule has 10 nitrogen and oxygen atoms in total. The number of rotatable bonds is 9. The third-order valence-corrected chi connectivity index (χ3v) is 8.09. The third-order valence-electron chi connectivity index (χ3n) is 8.09. The van der Waals surface area contributed by atoms with Crippen LogP contribution in [-0.2, 0) is 22.5 Å². The van der Waals surface area contributed by atoms with E-state index in [1.807, 2.05) is 12.4 Å². The summed E-state index contributed by atoms with van der Waals surface area (Å²) in [6, 6.07) is 8.62. The average Bonchev–Trinajstić information content (AvgIpc) is 3.83. The zero-order chi connectivity index (χ0) is 28.3. The maximum absolute atomic E-state index is 12.5. The van der Waals surface area contributed by atoms with Gasteiger partial charge in [0.25, 0.3) is 0 Å². The maximum atomic E-state index is 12.5. The Labute approximate surface area is 240 Å². The number of amides is 1. The van der Waals surface area contributed by atoms with E-state index in [9.17, 15) is 10.1 Å². The fourth-order valence-corrected chi connectivity index (χ4v) is 5.88. The highest BCUT2D eigenvalue weighted by Gasteiger charge is 2.33. The lowest BCUT2D eigenvalue weighted by Gasteiger charge is -2.42. The number of nitrogens with zero attached hydrogens (tertiary/aromatic N) is 7. The second kappa shape index (κ2) is 11.7. The van der Waals surface area contributed by atoms with Gasteiger partial charge >= 0.3 is 6.01 Å². The van der Waals surface area contributed by atoms with Gasteiger partial charge in [-0.2, -0.15) is 15.2 Å². The fourth-order valence-electron chi connectivity index (χ4n) is 5.88. The Morgan fingerprint density at radius 1 is 1.17 bits per heavy atom. The predicted molar refractivity (Wildman–Crippen MR) is 156 cm³/mol. The van der Waals surface area contributed by atoms with Gasteiger partial charge < -0.3 is 24.2 Å². The molecule has 41 heavy (non-hydrogen) atoms. The molecule has 0 radical (unpaired) electrons. The molecule has 4 heterocycles. The molecule has 1 atom stereocenters. The first-order chi connectivity index (χ1) is 20.1. The molecular weight excluding hydrogens is 518 g/mol. The zero-order valence-electron chi connectivity index (χ0n) is 23.5. The van der Waals surface area contributed by atoms with Crippen LogP contribution >= 0.6 is 0 Å². The first-order valence-corrected chi connectivity index (χ1v) is 14.3. The van der Waals surface area contributed by atoms with Gasteiger partial charge in [-0.1, -0.05) is 24.8 Å². The fraction of sp³-hybridized carbons (Fsp3) is 0.452. The number of carbonyl (C=O) groups excluding carboxylic acids is 1. The quantitative estimate of drug-likeness (QED) is 0.290. The van der Waals surface area contributed by atoms with Crippen LogP contribution in [0.15, 0.2) is 43.2 Å². The summed E-state index contributed by atoms with van der Waals surface area (Å²) in [5, 5.41) is 11.8. The SMILES string of the molecule is C=CC(=O)N1CCN(c2nc(OCCOC3CC3)nc3c2CCN(c2cncc4cccc(C)c24)C3)CC1CC#N. The van der Waals surface area contributed by atoms with E-state index in [4.69, 9.17) is 19.4 Å². The zero-order valence-corrected chi connectivity index (χ0v) is 23.5. The molecule has 1 saturated heterocycles. The van der Waals surface area contributed by atoms with Crippen LogP contribution in [0.25, 0.3) is 10.8 Å². The highest BCUT2D eigenvalue weighted by molar-refractivity contribution is 5.96. The molecule has 10 heteroatoms. The number of benzene rings is 1. The van der Waals surface area contributed by atoms with E-state index >= 15 is 0 Å². The van der Waals surface area contributed by atoms with Gasteiger partial charge in [-0.05, 0) is 37.8 Å². The number of aryl methyl sites for hydroxylation is 1. The number of pyridine rings is 1. The Kier molecular flexibility index (Phi) is 7.70. The van der Waals surface area contributed by atoms with E-state index in [0.29, 0.717) is 51.5 Å². The number of fused-ring (bicyclic) bond motifs is 2. The van der Waals surface area contributed by atoms with Gasteiger partial charge in [0, 0.05) is 48.7 Å². The van der Waals surface area contributed by atoms with Crippen molar-refractivity contribution in [3.05, 3.63) is 60.1 Å². The molecule has 1 amide bonds. The average molecular weight is 554 g/mol. The van der Waals surface area contributed by atoms with Gasteiger partial charge in [0.2, 0.25) is 5.91 Å². The summed E-state index contributed by atoms with van der Waals surface area (Å²) in [5.74, 6) is 0.678.